The molecule has 0 saturated heterocycles. The molecule has 0 spiro atoms. The van der Waals surface area contributed by atoms with E-state index in [4.69, 9.17) is 39.0 Å². The van der Waals surface area contributed by atoms with E-state index in [9.17, 15) is 0 Å². The van der Waals surface area contributed by atoms with Gasteiger partial charge in [-0.25, -0.2) is 0 Å². The minimum atomic E-state index is -0.110. The summed E-state index contributed by atoms with van der Waals surface area (Å²) in [4.78, 5) is 0. The lowest BCUT2D eigenvalue weighted by atomic mass is 10.2. The molecule has 1 N–H and O–H groups in total. The molecule has 82 valence electrons. The second-order valence-electron chi connectivity index (χ2n) is 2.85. The van der Waals surface area contributed by atoms with Crippen molar-refractivity contribution in [3.63, 3.8) is 0 Å². The van der Waals surface area contributed by atoms with Gasteiger partial charge >= 0.3 is 0 Å². The highest BCUT2D eigenvalue weighted by Gasteiger charge is 2.07. The number of nitrogens with zero attached hydrogens (tertiary/aromatic N) is 3. The van der Waals surface area contributed by atoms with Gasteiger partial charge in [-0.1, -0.05) is 23.2 Å². The summed E-state index contributed by atoms with van der Waals surface area (Å²) in [5.41, 5.74) is 0.562. The molecule has 0 amide bonds. The summed E-state index contributed by atoms with van der Waals surface area (Å²) in [6.45, 7) is 0. The Balaban J connectivity index is 3.11. The molecule has 0 radical (unpaired) electrons. The van der Waals surface area contributed by atoms with Crippen molar-refractivity contribution in [3.05, 3.63) is 39.5 Å². The molecule has 6 heteroatoms. The summed E-state index contributed by atoms with van der Waals surface area (Å²) in [6, 6.07) is 8.14. The Labute approximate surface area is 108 Å². The lowest BCUT2D eigenvalue weighted by Gasteiger charge is -2.06. The van der Waals surface area contributed by atoms with E-state index in [1.54, 1.807) is 12.1 Å². The van der Waals surface area contributed by atoms with Gasteiger partial charge in [0.2, 0.25) is 0 Å². The number of nitrogens with one attached hydrogen (secondary N) is 1. The highest BCUT2D eigenvalue weighted by atomic mass is 35.5. The summed E-state index contributed by atoms with van der Waals surface area (Å²) in [6.07, 6.45) is 1.19. The predicted octanol–water partition coefficient (Wildman–Crippen LogP) is 3.21. The molecular weight excluding hydrogens is 259 g/mol. The number of halogens is 2. The smallest absolute Gasteiger partial charge is 0.145 e. The molecule has 0 aliphatic carbocycles. The monoisotopic (exact) mass is 262 g/mol. The van der Waals surface area contributed by atoms with Gasteiger partial charge in [0, 0.05) is 6.20 Å². The molecule has 0 fully saturated rings. The Morgan fingerprint density at radius 3 is 2.06 bits per heavy atom. The Kier molecular flexibility index (Phi) is 4.37. The first kappa shape index (κ1) is 12.9. The average molecular weight is 263 g/mol. The van der Waals surface area contributed by atoms with E-state index in [1.807, 2.05) is 6.07 Å². The molecule has 17 heavy (non-hydrogen) atoms. The molecule has 0 bridgehead atoms. The summed E-state index contributed by atoms with van der Waals surface area (Å²) in [5, 5.41) is 28.9. The SMILES string of the molecule is N#CC(C#N)=CNc1c(Cl)cc(C#N)cc1Cl. The minimum absolute atomic E-state index is 0.110. The minimum Gasteiger partial charge on any atom is -0.357 e. The van der Waals surface area contributed by atoms with E-state index in [0.29, 0.717) is 11.3 Å². The first-order valence-corrected chi connectivity index (χ1v) is 5.04. The van der Waals surface area contributed by atoms with Crippen molar-refractivity contribution in [2.75, 3.05) is 5.32 Å². The van der Waals surface area contributed by atoms with E-state index in [1.165, 1.54) is 18.3 Å². The zero-order valence-corrected chi connectivity index (χ0v) is 9.84. The second kappa shape index (κ2) is 5.77. The van der Waals surface area contributed by atoms with E-state index in [2.05, 4.69) is 5.32 Å². The van der Waals surface area contributed by atoms with Gasteiger partial charge in [-0.3, -0.25) is 0 Å². The van der Waals surface area contributed by atoms with Crippen LogP contribution >= 0.6 is 23.2 Å². The van der Waals surface area contributed by atoms with E-state index in [0.717, 1.165) is 0 Å². The van der Waals surface area contributed by atoms with E-state index in [-0.39, 0.29) is 15.6 Å². The van der Waals surface area contributed by atoms with Crippen molar-refractivity contribution in [3.8, 4) is 18.2 Å². The number of hydrogen-bond acceptors (Lipinski definition) is 4. The van der Waals surface area contributed by atoms with Crippen molar-refractivity contribution in [1.29, 1.82) is 15.8 Å². The molecule has 0 aliphatic rings. The largest absolute Gasteiger partial charge is 0.357 e. The maximum atomic E-state index is 8.69. The highest BCUT2D eigenvalue weighted by Crippen LogP contribution is 2.31. The van der Waals surface area contributed by atoms with Crippen molar-refractivity contribution < 1.29 is 0 Å². The van der Waals surface area contributed by atoms with Crippen LogP contribution in [0.25, 0.3) is 0 Å². The van der Waals surface area contributed by atoms with Gasteiger partial charge in [0.25, 0.3) is 0 Å². The number of anilines is 1. The Morgan fingerprint density at radius 2 is 1.65 bits per heavy atom. The lowest BCUT2D eigenvalue weighted by molar-refractivity contribution is 1.44. The summed E-state index contributed by atoms with van der Waals surface area (Å²) < 4.78 is 0. The first-order chi connectivity index (χ1) is 8.12. The van der Waals surface area contributed by atoms with Crippen molar-refractivity contribution in [1.82, 2.24) is 0 Å². The highest BCUT2D eigenvalue weighted by molar-refractivity contribution is 6.39. The normalized spacial score (nSPS) is 8.41. The quantitative estimate of drug-likeness (QED) is 0.830. The van der Waals surface area contributed by atoms with Crippen LogP contribution in [0.4, 0.5) is 5.69 Å². The van der Waals surface area contributed by atoms with Crippen LogP contribution in [-0.2, 0) is 0 Å². The molecule has 1 rings (SSSR count). The molecule has 0 heterocycles. The van der Waals surface area contributed by atoms with Crippen LogP contribution < -0.4 is 5.32 Å². The topological polar surface area (TPSA) is 83.4 Å². The third-order valence-electron chi connectivity index (χ3n) is 1.77. The summed E-state index contributed by atoms with van der Waals surface area (Å²) in [7, 11) is 0. The standard InChI is InChI=1S/C11H4Cl2N4/c12-9-1-7(3-14)2-10(13)11(9)17-6-8(4-15)5-16/h1-2,6,17H. The molecule has 0 aliphatic heterocycles. The Bertz CT molecular complexity index is 560. The van der Waals surface area contributed by atoms with E-state index >= 15 is 0 Å². The molecule has 4 nitrogen and oxygen atoms in total. The van der Waals surface area contributed by atoms with Gasteiger partial charge < -0.3 is 5.32 Å². The van der Waals surface area contributed by atoms with Gasteiger partial charge in [-0.15, -0.1) is 0 Å². The van der Waals surface area contributed by atoms with Gasteiger partial charge in [-0.2, -0.15) is 15.8 Å². The van der Waals surface area contributed by atoms with Crippen LogP contribution in [0, 0.1) is 34.0 Å². The van der Waals surface area contributed by atoms with Gasteiger partial charge in [0.1, 0.15) is 17.7 Å². The van der Waals surface area contributed by atoms with Gasteiger partial charge in [0.15, 0.2) is 0 Å². The zero-order chi connectivity index (χ0) is 12.8. The fourth-order valence-electron chi connectivity index (χ4n) is 1.01. The summed E-state index contributed by atoms with van der Waals surface area (Å²) in [5.74, 6) is 0. The number of benzene rings is 1. The molecular formula is C11H4Cl2N4. The predicted molar refractivity (Wildman–Crippen MR) is 64.1 cm³/mol. The van der Waals surface area contributed by atoms with Crippen molar-refractivity contribution in [2.24, 2.45) is 0 Å². The second-order valence-corrected chi connectivity index (χ2v) is 3.67. The van der Waals surface area contributed by atoms with Crippen LogP contribution in [0.3, 0.4) is 0 Å². The fraction of sp³-hybridized carbons (Fsp3) is 0. The van der Waals surface area contributed by atoms with Crippen LogP contribution in [0.2, 0.25) is 10.0 Å². The third-order valence-corrected chi connectivity index (χ3v) is 2.37. The van der Waals surface area contributed by atoms with Crippen LogP contribution in [0.15, 0.2) is 23.9 Å². The third kappa shape index (κ3) is 3.13. The average Bonchev–Trinajstić information content (AvgIpc) is 2.32. The van der Waals surface area contributed by atoms with Gasteiger partial charge in [0.05, 0.1) is 27.4 Å². The fourth-order valence-corrected chi connectivity index (χ4v) is 1.61. The molecule has 1 aromatic rings. The van der Waals surface area contributed by atoms with E-state index < -0.39 is 0 Å². The lowest BCUT2D eigenvalue weighted by Crippen LogP contribution is -1.93. The number of hydrogen-bond donors (Lipinski definition) is 1. The first-order valence-electron chi connectivity index (χ1n) is 4.28. The van der Waals surface area contributed by atoms with Crippen LogP contribution in [0.1, 0.15) is 5.56 Å². The van der Waals surface area contributed by atoms with Gasteiger partial charge in [-0.05, 0) is 12.1 Å². The van der Waals surface area contributed by atoms with Crippen molar-refractivity contribution in [2.45, 2.75) is 0 Å². The summed E-state index contributed by atoms with van der Waals surface area (Å²) >= 11 is 11.8. The maximum absolute atomic E-state index is 8.69. The number of allylic oxidation sites excluding steroid dienone is 1. The molecule has 0 unspecified atom stereocenters. The number of nitriles is 3. The molecule has 0 atom stereocenters. The van der Waals surface area contributed by atoms with Crippen molar-refractivity contribution >= 4 is 28.9 Å². The Hall–Kier alpha value is -2.19. The molecule has 1 aromatic carbocycles. The number of rotatable bonds is 2. The zero-order valence-electron chi connectivity index (χ0n) is 8.33. The molecule has 0 aromatic heterocycles. The molecule has 0 saturated carbocycles. The van der Waals surface area contributed by atoms with Crippen LogP contribution in [-0.4, -0.2) is 0 Å². The Morgan fingerprint density at radius 1 is 1.12 bits per heavy atom. The van der Waals surface area contributed by atoms with Crippen LogP contribution in [0.5, 0.6) is 0 Å². The maximum Gasteiger partial charge on any atom is 0.145 e.